The van der Waals surface area contributed by atoms with Crippen molar-refractivity contribution in [1.29, 1.82) is 0 Å². The van der Waals surface area contributed by atoms with Gasteiger partial charge in [0.2, 0.25) is 0 Å². The zero-order chi connectivity index (χ0) is 23.9. The molecule has 0 aromatic carbocycles. The van der Waals surface area contributed by atoms with Gasteiger partial charge in [-0.1, -0.05) is 0 Å². The number of likely N-dealkylation sites (tertiary alicyclic amines) is 1. The van der Waals surface area contributed by atoms with Crippen LogP contribution in [0.15, 0.2) is 12.3 Å². The Labute approximate surface area is 191 Å². The van der Waals surface area contributed by atoms with E-state index in [2.05, 4.69) is 10.3 Å². The van der Waals surface area contributed by atoms with Gasteiger partial charge in [0.05, 0.1) is 16.8 Å². The molecular formula is C23H36BN3O5. The highest BCUT2D eigenvalue weighted by Gasteiger charge is 2.52. The molecule has 176 valence electrons. The average Bonchev–Trinajstić information content (AvgIpc) is 2.87. The molecule has 1 N–H and O–H groups in total. The van der Waals surface area contributed by atoms with Gasteiger partial charge in [0.25, 0.3) is 5.91 Å². The quantitative estimate of drug-likeness (QED) is 0.720. The van der Waals surface area contributed by atoms with E-state index in [1.54, 1.807) is 11.1 Å². The second kappa shape index (κ2) is 8.67. The van der Waals surface area contributed by atoms with Crippen LogP contribution in [0.3, 0.4) is 0 Å². The summed E-state index contributed by atoms with van der Waals surface area (Å²) in [5.41, 5.74) is 0.385. The van der Waals surface area contributed by atoms with Gasteiger partial charge in [-0.2, -0.15) is 0 Å². The molecule has 9 heteroatoms. The molecule has 3 rings (SSSR count). The SMILES string of the molecule is Cc1ncc(B2OC(C)(C)C(C)(C)O2)cc1C(=O)N1CCCC(NC(=O)OC(C)(C)C)C1. The third kappa shape index (κ3) is 5.43. The molecule has 1 aromatic heterocycles. The van der Waals surface area contributed by atoms with Crippen LogP contribution < -0.4 is 10.8 Å². The molecule has 0 spiro atoms. The molecule has 8 nitrogen and oxygen atoms in total. The summed E-state index contributed by atoms with van der Waals surface area (Å²) in [5.74, 6) is -0.107. The zero-order valence-electron chi connectivity index (χ0n) is 20.6. The van der Waals surface area contributed by atoms with E-state index in [9.17, 15) is 9.59 Å². The minimum absolute atomic E-state index is 0.107. The maximum absolute atomic E-state index is 13.4. The average molecular weight is 445 g/mol. The summed E-state index contributed by atoms with van der Waals surface area (Å²) in [7, 11) is -0.581. The van der Waals surface area contributed by atoms with Crippen molar-refractivity contribution < 1.29 is 23.6 Å². The van der Waals surface area contributed by atoms with Gasteiger partial charge in [0.15, 0.2) is 0 Å². The Kier molecular flexibility index (Phi) is 6.64. The number of carbonyl (C=O) groups is 2. The fraction of sp³-hybridized carbons (Fsp3) is 0.696. The summed E-state index contributed by atoms with van der Waals surface area (Å²) >= 11 is 0. The number of nitrogens with one attached hydrogen (secondary N) is 1. The van der Waals surface area contributed by atoms with Crippen LogP contribution in [0.1, 0.15) is 77.4 Å². The van der Waals surface area contributed by atoms with Crippen LogP contribution in [0.4, 0.5) is 4.79 Å². The molecule has 2 aliphatic heterocycles. The Morgan fingerprint density at radius 2 is 1.84 bits per heavy atom. The van der Waals surface area contributed by atoms with Gasteiger partial charge in [-0.05, 0) is 74.3 Å². The van der Waals surface area contributed by atoms with Crippen LogP contribution >= 0.6 is 0 Å². The molecule has 0 bridgehead atoms. The van der Waals surface area contributed by atoms with Gasteiger partial charge in [-0.25, -0.2) is 4.79 Å². The largest absolute Gasteiger partial charge is 0.496 e. The van der Waals surface area contributed by atoms with Gasteiger partial charge in [0.1, 0.15) is 5.60 Å². The number of ether oxygens (including phenoxy) is 1. The molecular weight excluding hydrogens is 409 g/mol. The van der Waals surface area contributed by atoms with Gasteiger partial charge >= 0.3 is 13.2 Å². The van der Waals surface area contributed by atoms with Crippen LogP contribution in [0.25, 0.3) is 0 Å². The molecule has 2 amide bonds. The van der Waals surface area contributed by atoms with Crippen LogP contribution in [-0.2, 0) is 14.0 Å². The van der Waals surface area contributed by atoms with Gasteiger partial charge in [-0.15, -0.1) is 0 Å². The van der Waals surface area contributed by atoms with Crippen molar-refractivity contribution in [2.24, 2.45) is 0 Å². The summed E-state index contributed by atoms with van der Waals surface area (Å²) in [5, 5.41) is 2.89. The Bertz CT molecular complexity index is 865. The molecule has 0 aliphatic carbocycles. The standard InChI is InChI=1S/C23H36BN3O5/c1-15-18(12-16(13-25-15)24-31-22(5,6)23(7,8)32-24)19(28)27-11-9-10-17(14-27)26-20(29)30-21(2,3)4/h12-13,17H,9-11,14H2,1-8H3,(H,26,29). The molecule has 2 fully saturated rings. The zero-order valence-corrected chi connectivity index (χ0v) is 20.6. The number of nitrogens with zero attached hydrogens (tertiary/aromatic N) is 2. The second-order valence-corrected chi connectivity index (χ2v) is 10.7. The molecule has 1 unspecified atom stereocenters. The first-order chi connectivity index (χ1) is 14.7. The van der Waals surface area contributed by atoms with Crippen LogP contribution in [0.5, 0.6) is 0 Å². The highest BCUT2D eigenvalue weighted by molar-refractivity contribution is 6.62. The molecule has 0 saturated carbocycles. The van der Waals surface area contributed by atoms with Crippen molar-refractivity contribution in [2.45, 2.75) is 91.1 Å². The highest BCUT2D eigenvalue weighted by atomic mass is 16.7. The minimum atomic E-state index is -0.581. The van der Waals surface area contributed by atoms with E-state index in [1.165, 1.54) is 0 Å². The lowest BCUT2D eigenvalue weighted by atomic mass is 9.79. The van der Waals surface area contributed by atoms with Crippen molar-refractivity contribution in [3.05, 3.63) is 23.5 Å². The molecule has 2 saturated heterocycles. The number of aryl methyl sites for hydroxylation is 1. The van der Waals surface area contributed by atoms with Gasteiger partial charge in [0, 0.05) is 36.5 Å². The van der Waals surface area contributed by atoms with E-state index in [0.717, 1.165) is 18.3 Å². The lowest BCUT2D eigenvalue weighted by Gasteiger charge is -2.34. The van der Waals surface area contributed by atoms with E-state index in [4.69, 9.17) is 14.0 Å². The smallest absolute Gasteiger partial charge is 0.444 e. The minimum Gasteiger partial charge on any atom is -0.444 e. The van der Waals surface area contributed by atoms with E-state index in [1.807, 2.05) is 61.5 Å². The van der Waals surface area contributed by atoms with E-state index in [-0.39, 0.29) is 11.9 Å². The number of piperidine rings is 1. The topological polar surface area (TPSA) is 90.0 Å². The van der Waals surface area contributed by atoms with Crippen molar-refractivity contribution in [1.82, 2.24) is 15.2 Å². The fourth-order valence-electron chi connectivity index (χ4n) is 3.80. The summed E-state index contributed by atoms with van der Waals surface area (Å²) in [6.07, 6.45) is 2.85. The molecule has 1 atom stereocenters. The van der Waals surface area contributed by atoms with Crippen molar-refractivity contribution in [3.63, 3.8) is 0 Å². The Hall–Kier alpha value is -2.13. The van der Waals surface area contributed by atoms with Crippen molar-refractivity contribution in [2.75, 3.05) is 13.1 Å². The molecule has 1 aromatic rings. The van der Waals surface area contributed by atoms with Crippen molar-refractivity contribution in [3.8, 4) is 0 Å². The monoisotopic (exact) mass is 445 g/mol. The number of pyridine rings is 1. The number of amides is 2. The van der Waals surface area contributed by atoms with E-state index >= 15 is 0 Å². The second-order valence-electron chi connectivity index (χ2n) is 10.7. The van der Waals surface area contributed by atoms with Crippen molar-refractivity contribution >= 4 is 24.6 Å². The number of alkyl carbamates (subject to hydrolysis) is 1. The normalized spacial score (nSPS) is 22.6. The first-order valence-electron chi connectivity index (χ1n) is 11.3. The predicted molar refractivity (Wildman–Crippen MR) is 123 cm³/mol. The third-order valence-electron chi connectivity index (χ3n) is 6.29. The fourth-order valence-corrected chi connectivity index (χ4v) is 3.80. The summed E-state index contributed by atoms with van der Waals surface area (Å²) < 4.78 is 17.6. The maximum atomic E-state index is 13.4. The number of carbonyl (C=O) groups excluding carboxylic acids is 2. The number of aromatic nitrogens is 1. The number of hydrogen-bond donors (Lipinski definition) is 1. The first-order valence-corrected chi connectivity index (χ1v) is 11.3. The van der Waals surface area contributed by atoms with Gasteiger partial charge in [-0.3, -0.25) is 9.78 Å². The van der Waals surface area contributed by atoms with Crippen LogP contribution in [-0.4, -0.2) is 64.9 Å². The lowest BCUT2D eigenvalue weighted by Crippen LogP contribution is -2.50. The summed E-state index contributed by atoms with van der Waals surface area (Å²) in [6.45, 7) is 16.3. The van der Waals surface area contributed by atoms with Gasteiger partial charge < -0.3 is 24.3 Å². The third-order valence-corrected chi connectivity index (χ3v) is 6.29. The summed E-state index contributed by atoms with van der Waals surface area (Å²) in [6, 6.07) is 1.67. The molecule has 0 radical (unpaired) electrons. The molecule has 32 heavy (non-hydrogen) atoms. The Balaban J connectivity index is 1.72. The number of rotatable bonds is 3. The first kappa shape index (κ1) is 24.5. The maximum Gasteiger partial charge on any atom is 0.496 e. The molecule has 2 aliphatic rings. The van der Waals surface area contributed by atoms with Crippen LogP contribution in [0.2, 0.25) is 0 Å². The summed E-state index contributed by atoms with van der Waals surface area (Å²) in [4.78, 5) is 31.7. The Morgan fingerprint density at radius 3 is 2.44 bits per heavy atom. The van der Waals surface area contributed by atoms with E-state index < -0.39 is 30.0 Å². The highest BCUT2D eigenvalue weighted by Crippen LogP contribution is 2.36. The molecule has 3 heterocycles. The Morgan fingerprint density at radius 1 is 1.22 bits per heavy atom. The van der Waals surface area contributed by atoms with E-state index in [0.29, 0.717) is 24.3 Å². The number of hydrogen-bond acceptors (Lipinski definition) is 6. The lowest BCUT2D eigenvalue weighted by molar-refractivity contribution is 0.00578. The van der Waals surface area contributed by atoms with Crippen LogP contribution in [0, 0.1) is 6.92 Å². The predicted octanol–water partition coefficient (Wildman–Crippen LogP) is 2.82.